The molecule has 1 fully saturated rings. The molecule has 2 unspecified atom stereocenters. The molecule has 0 N–H and O–H groups in total. The first-order valence-corrected chi connectivity index (χ1v) is 7.26. The van der Waals surface area contributed by atoms with Crippen LogP contribution in [0.3, 0.4) is 0 Å². The maximum Gasteiger partial charge on any atom is 0.347 e. The van der Waals surface area contributed by atoms with Gasteiger partial charge in [-0.1, -0.05) is 11.6 Å². The van der Waals surface area contributed by atoms with Crippen molar-refractivity contribution < 1.29 is 28.7 Å². The van der Waals surface area contributed by atoms with Crippen LogP contribution in [0.15, 0.2) is 18.2 Å². The molecule has 1 saturated heterocycles. The molecule has 1 aromatic carbocycles. The summed E-state index contributed by atoms with van der Waals surface area (Å²) in [6.45, 7) is 3.40. The van der Waals surface area contributed by atoms with Gasteiger partial charge < -0.3 is 9.47 Å². The van der Waals surface area contributed by atoms with Crippen LogP contribution in [0.5, 0.6) is 0 Å². The Bertz CT molecular complexity index is 725. The number of amides is 2. The van der Waals surface area contributed by atoms with E-state index in [1.807, 2.05) is 6.92 Å². The minimum absolute atomic E-state index is 0.192. The monoisotopic (exact) mass is 317 g/mol. The van der Waals surface area contributed by atoms with Crippen molar-refractivity contribution >= 4 is 23.8 Å². The molecule has 0 saturated carbocycles. The molecule has 0 bridgehead atoms. The van der Waals surface area contributed by atoms with Crippen LogP contribution < -0.4 is 0 Å². The third kappa shape index (κ3) is 2.48. The number of hydrogen-bond donors (Lipinski definition) is 0. The van der Waals surface area contributed by atoms with Gasteiger partial charge in [0.2, 0.25) is 6.10 Å². The Morgan fingerprint density at radius 3 is 2.61 bits per heavy atom. The lowest BCUT2D eigenvalue weighted by atomic mass is 10.1. The second-order valence-electron chi connectivity index (χ2n) is 5.59. The molecular weight excluding hydrogens is 302 g/mol. The molecule has 2 aliphatic heterocycles. The van der Waals surface area contributed by atoms with Crippen molar-refractivity contribution in [3.8, 4) is 0 Å². The average molecular weight is 317 g/mol. The van der Waals surface area contributed by atoms with Crippen molar-refractivity contribution in [1.29, 1.82) is 0 Å². The van der Waals surface area contributed by atoms with E-state index in [1.165, 1.54) is 6.92 Å². The van der Waals surface area contributed by atoms with E-state index in [0.29, 0.717) is 0 Å². The summed E-state index contributed by atoms with van der Waals surface area (Å²) in [6, 6.07) is 3.79. The van der Waals surface area contributed by atoms with Gasteiger partial charge in [-0.25, -0.2) is 9.59 Å². The molecule has 2 aliphatic rings. The van der Waals surface area contributed by atoms with E-state index in [-0.39, 0.29) is 24.2 Å². The molecule has 7 nitrogen and oxygen atoms in total. The molecule has 23 heavy (non-hydrogen) atoms. The normalized spacial score (nSPS) is 21.2. The first kappa shape index (κ1) is 15.2. The van der Waals surface area contributed by atoms with E-state index in [1.54, 1.807) is 18.2 Å². The van der Waals surface area contributed by atoms with E-state index in [2.05, 4.69) is 0 Å². The summed E-state index contributed by atoms with van der Waals surface area (Å²) in [7, 11) is 0. The Kier molecular flexibility index (Phi) is 3.63. The number of imide groups is 1. The van der Waals surface area contributed by atoms with E-state index in [0.717, 1.165) is 10.5 Å². The smallest absolute Gasteiger partial charge is 0.347 e. The molecule has 120 valence electrons. The van der Waals surface area contributed by atoms with Crippen LogP contribution in [0.4, 0.5) is 0 Å². The molecule has 2 heterocycles. The van der Waals surface area contributed by atoms with Crippen molar-refractivity contribution in [3.63, 3.8) is 0 Å². The molecule has 0 aromatic heterocycles. The Morgan fingerprint density at radius 2 is 1.96 bits per heavy atom. The first-order chi connectivity index (χ1) is 10.9. The van der Waals surface area contributed by atoms with E-state index in [4.69, 9.17) is 9.47 Å². The number of benzene rings is 1. The van der Waals surface area contributed by atoms with Crippen LogP contribution in [0.25, 0.3) is 0 Å². The van der Waals surface area contributed by atoms with Crippen LogP contribution >= 0.6 is 0 Å². The zero-order chi connectivity index (χ0) is 16.7. The van der Waals surface area contributed by atoms with E-state index < -0.39 is 35.9 Å². The predicted molar refractivity (Wildman–Crippen MR) is 76.6 cm³/mol. The van der Waals surface area contributed by atoms with Gasteiger partial charge in [0.1, 0.15) is 6.04 Å². The van der Waals surface area contributed by atoms with Gasteiger partial charge in [0, 0.05) is 6.42 Å². The molecule has 3 rings (SSSR count). The van der Waals surface area contributed by atoms with Crippen LogP contribution in [0.1, 0.15) is 39.6 Å². The number of fused-ring (bicyclic) bond motifs is 1. The van der Waals surface area contributed by atoms with Crippen LogP contribution in [0, 0.1) is 6.92 Å². The summed E-state index contributed by atoms with van der Waals surface area (Å²) in [4.78, 5) is 49.2. The second-order valence-corrected chi connectivity index (χ2v) is 5.59. The van der Waals surface area contributed by atoms with E-state index >= 15 is 0 Å². The maximum atomic E-state index is 12.4. The standard InChI is InChI=1S/C16H15NO6/c1-8-3-4-10-11(7-8)14(19)17(13(10)18)9(2)15(20)23-12-5-6-22-16(12)21/h3-4,7,9,12H,5-6H2,1-2H3. The van der Waals surface area contributed by atoms with Crippen LogP contribution in [-0.4, -0.2) is 47.4 Å². The fraction of sp³-hybridized carbons (Fsp3) is 0.375. The lowest BCUT2D eigenvalue weighted by Crippen LogP contribution is -2.45. The summed E-state index contributed by atoms with van der Waals surface area (Å²) in [5.41, 5.74) is 1.38. The Hall–Kier alpha value is -2.70. The highest BCUT2D eigenvalue weighted by Crippen LogP contribution is 2.26. The number of rotatable bonds is 3. The molecule has 7 heteroatoms. The summed E-state index contributed by atoms with van der Waals surface area (Å²) in [5.74, 6) is -2.49. The first-order valence-electron chi connectivity index (χ1n) is 7.26. The Labute approximate surface area is 132 Å². The second kappa shape index (κ2) is 5.49. The zero-order valence-electron chi connectivity index (χ0n) is 12.7. The van der Waals surface area contributed by atoms with Crippen molar-refractivity contribution in [2.24, 2.45) is 0 Å². The van der Waals surface area contributed by atoms with Gasteiger partial charge in [0.15, 0.2) is 0 Å². The van der Waals surface area contributed by atoms with Gasteiger partial charge in [-0.3, -0.25) is 14.5 Å². The average Bonchev–Trinajstić information content (AvgIpc) is 3.01. The lowest BCUT2D eigenvalue weighted by molar-refractivity contribution is -0.162. The SMILES string of the molecule is Cc1ccc2c(c1)C(=O)N(C(C)C(=O)OC1CCOC1=O)C2=O. The number of carbonyl (C=O) groups excluding carboxylic acids is 4. The quantitative estimate of drug-likeness (QED) is 0.606. The molecule has 2 amide bonds. The minimum atomic E-state index is -1.11. The van der Waals surface area contributed by atoms with Crippen molar-refractivity contribution in [3.05, 3.63) is 34.9 Å². The summed E-state index contributed by atoms with van der Waals surface area (Å²) >= 11 is 0. The molecule has 1 aromatic rings. The maximum absolute atomic E-state index is 12.4. The Balaban J connectivity index is 1.79. The van der Waals surface area contributed by atoms with Gasteiger partial charge >= 0.3 is 11.9 Å². The third-order valence-corrected chi connectivity index (χ3v) is 3.95. The number of ether oxygens (including phenoxy) is 2. The highest BCUT2D eigenvalue weighted by Gasteiger charge is 2.42. The summed E-state index contributed by atoms with van der Waals surface area (Å²) < 4.78 is 9.77. The number of hydrogen-bond acceptors (Lipinski definition) is 6. The van der Waals surface area contributed by atoms with Gasteiger partial charge in [-0.15, -0.1) is 0 Å². The fourth-order valence-corrected chi connectivity index (χ4v) is 2.65. The number of carbonyl (C=O) groups is 4. The summed E-state index contributed by atoms with van der Waals surface area (Å²) in [5, 5.41) is 0. The lowest BCUT2D eigenvalue weighted by Gasteiger charge is -2.21. The predicted octanol–water partition coefficient (Wildman–Crippen LogP) is 0.838. The van der Waals surface area contributed by atoms with Gasteiger partial charge in [0.25, 0.3) is 11.8 Å². The highest BCUT2D eigenvalue weighted by atomic mass is 16.6. The van der Waals surface area contributed by atoms with Gasteiger partial charge in [0.05, 0.1) is 17.7 Å². The number of nitrogens with zero attached hydrogens (tertiary/aromatic N) is 1. The molecule has 0 aliphatic carbocycles. The minimum Gasteiger partial charge on any atom is -0.463 e. The van der Waals surface area contributed by atoms with Crippen molar-refractivity contribution in [2.75, 3.05) is 6.61 Å². The van der Waals surface area contributed by atoms with Crippen molar-refractivity contribution in [1.82, 2.24) is 4.90 Å². The van der Waals surface area contributed by atoms with Crippen molar-refractivity contribution in [2.45, 2.75) is 32.4 Å². The zero-order valence-corrected chi connectivity index (χ0v) is 12.7. The fourth-order valence-electron chi connectivity index (χ4n) is 2.65. The topological polar surface area (TPSA) is 90.0 Å². The molecule has 0 spiro atoms. The largest absolute Gasteiger partial charge is 0.463 e. The van der Waals surface area contributed by atoms with Gasteiger partial charge in [-0.05, 0) is 26.0 Å². The molecule has 0 radical (unpaired) electrons. The van der Waals surface area contributed by atoms with Gasteiger partial charge in [-0.2, -0.15) is 0 Å². The van der Waals surface area contributed by atoms with E-state index in [9.17, 15) is 19.2 Å². The number of esters is 2. The third-order valence-electron chi connectivity index (χ3n) is 3.95. The van der Waals surface area contributed by atoms with Crippen LogP contribution in [0.2, 0.25) is 0 Å². The Morgan fingerprint density at radius 1 is 1.26 bits per heavy atom. The van der Waals surface area contributed by atoms with Crippen LogP contribution in [-0.2, 0) is 19.1 Å². The number of aryl methyl sites for hydroxylation is 1. The molecular formula is C16H15NO6. The summed E-state index contributed by atoms with van der Waals surface area (Å²) in [6.07, 6.45) is -0.694. The highest BCUT2D eigenvalue weighted by molar-refractivity contribution is 6.22. The number of cyclic esters (lactones) is 1. The molecule has 2 atom stereocenters.